The molecule has 3 heteroatoms. The average Bonchev–Trinajstić information content (AvgIpc) is 3.02. The first kappa shape index (κ1) is 12.2. The van der Waals surface area contributed by atoms with Crippen LogP contribution >= 0.6 is 0 Å². The number of hydrogen-bond donors (Lipinski definition) is 0. The summed E-state index contributed by atoms with van der Waals surface area (Å²) in [7, 11) is 1.63. The van der Waals surface area contributed by atoms with Crippen molar-refractivity contribution in [1.82, 2.24) is 4.98 Å². The molecule has 0 saturated carbocycles. The third kappa shape index (κ3) is 2.02. The number of hydrogen-bond acceptors (Lipinski definition) is 3. The quantitative estimate of drug-likeness (QED) is 0.713. The number of fused-ring (bicyclic) bond motifs is 2. The molecule has 0 bridgehead atoms. The zero-order chi connectivity index (χ0) is 14.2. The van der Waals surface area contributed by atoms with Crippen LogP contribution in [0.1, 0.15) is 5.56 Å². The van der Waals surface area contributed by atoms with E-state index in [0.717, 1.165) is 29.7 Å². The summed E-state index contributed by atoms with van der Waals surface area (Å²) in [6.45, 7) is 0.776. The lowest BCUT2D eigenvalue weighted by molar-refractivity contribution is 0.357. The van der Waals surface area contributed by atoms with Crippen LogP contribution in [0.3, 0.4) is 0 Å². The standard InChI is InChI=1S/C18H15NO2/c1-20-18-8-6-13-11-12(5-7-16(13)19-18)14-3-2-4-17-15(14)9-10-21-17/h2-8,11H,9-10H2,1H3. The molecule has 0 spiro atoms. The van der Waals surface area contributed by atoms with Gasteiger partial charge in [0, 0.05) is 23.4 Å². The topological polar surface area (TPSA) is 31.4 Å². The van der Waals surface area contributed by atoms with Crippen LogP contribution in [0, 0.1) is 0 Å². The molecule has 3 aromatic rings. The molecule has 0 N–H and O–H groups in total. The summed E-state index contributed by atoms with van der Waals surface area (Å²) in [5.41, 5.74) is 4.71. The van der Waals surface area contributed by atoms with Crippen molar-refractivity contribution in [2.24, 2.45) is 0 Å². The molecule has 0 atom stereocenters. The first-order valence-electron chi connectivity index (χ1n) is 7.05. The van der Waals surface area contributed by atoms with E-state index in [4.69, 9.17) is 9.47 Å². The van der Waals surface area contributed by atoms with Gasteiger partial charge < -0.3 is 9.47 Å². The Hall–Kier alpha value is -2.55. The van der Waals surface area contributed by atoms with Crippen LogP contribution in [0.15, 0.2) is 48.5 Å². The zero-order valence-corrected chi connectivity index (χ0v) is 11.8. The van der Waals surface area contributed by atoms with Crippen LogP contribution in [-0.4, -0.2) is 18.7 Å². The van der Waals surface area contributed by atoms with Gasteiger partial charge >= 0.3 is 0 Å². The molecule has 2 heterocycles. The Bertz CT molecular complexity index is 827. The fourth-order valence-electron chi connectivity index (χ4n) is 2.88. The molecule has 0 unspecified atom stereocenters. The van der Waals surface area contributed by atoms with E-state index >= 15 is 0 Å². The van der Waals surface area contributed by atoms with Gasteiger partial charge in [0.2, 0.25) is 5.88 Å². The maximum absolute atomic E-state index is 5.65. The van der Waals surface area contributed by atoms with Gasteiger partial charge in [0.1, 0.15) is 5.75 Å². The highest BCUT2D eigenvalue weighted by Crippen LogP contribution is 2.35. The zero-order valence-electron chi connectivity index (χ0n) is 11.8. The van der Waals surface area contributed by atoms with Gasteiger partial charge in [0.05, 0.1) is 19.2 Å². The minimum absolute atomic E-state index is 0.643. The van der Waals surface area contributed by atoms with Crippen LogP contribution in [0.4, 0.5) is 0 Å². The van der Waals surface area contributed by atoms with Crippen molar-refractivity contribution >= 4 is 10.9 Å². The van der Waals surface area contributed by atoms with Gasteiger partial charge in [-0.25, -0.2) is 4.98 Å². The van der Waals surface area contributed by atoms with E-state index in [9.17, 15) is 0 Å². The molecule has 1 aliphatic heterocycles. The van der Waals surface area contributed by atoms with E-state index in [0.29, 0.717) is 5.88 Å². The predicted molar refractivity (Wildman–Crippen MR) is 82.9 cm³/mol. The lowest BCUT2D eigenvalue weighted by atomic mass is 9.97. The minimum atomic E-state index is 0.643. The van der Waals surface area contributed by atoms with Crippen LogP contribution in [0.25, 0.3) is 22.0 Å². The molecule has 0 saturated heterocycles. The summed E-state index contributed by atoms with van der Waals surface area (Å²) in [6, 6.07) is 16.5. The number of aromatic nitrogens is 1. The Kier molecular flexibility index (Phi) is 2.78. The van der Waals surface area contributed by atoms with Gasteiger partial charge in [-0.15, -0.1) is 0 Å². The second-order valence-electron chi connectivity index (χ2n) is 5.14. The van der Waals surface area contributed by atoms with Gasteiger partial charge in [-0.1, -0.05) is 18.2 Å². The number of ether oxygens (including phenoxy) is 2. The molecule has 0 fully saturated rings. The summed E-state index contributed by atoms with van der Waals surface area (Å²) in [5.74, 6) is 1.66. The number of nitrogens with zero attached hydrogens (tertiary/aromatic N) is 1. The van der Waals surface area contributed by atoms with Crippen LogP contribution < -0.4 is 9.47 Å². The lowest BCUT2D eigenvalue weighted by Gasteiger charge is -2.09. The molecule has 0 amide bonds. The maximum atomic E-state index is 5.65. The van der Waals surface area contributed by atoms with E-state index in [-0.39, 0.29) is 0 Å². The molecule has 3 nitrogen and oxygen atoms in total. The van der Waals surface area contributed by atoms with Gasteiger partial charge in [-0.05, 0) is 35.4 Å². The lowest BCUT2D eigenvalue weighted by Crippen LogP contribution is -1.89. The molecule has 1 aliphatic rings. The highest BCUT2D eigenvalue weighted by Gasteiger charge is 2.16. The van der Waals surface area contributed by atoms with Gasteiger partial charge in [-0.3, -0.25) is 0 Å². The molecule has 2 aromatic carbocycles. The minimum Gasteiger partial charge on any atom is -0.493 e. The Morgan fingerprint density at radius 3 is 2.95 bits per heavy atom. The number of pyridine rings is 1. The monoisotopic (exact) mass is 277 g/mol. The van der Waals surface area contributed by atoms with Crippen molar-refractivity contribution < 1.29 is 9.47 Å². The summed E-state index contributed by atoms with van der Waals surface area (Å²) in [6.07, 6.45) is 0.977. The normalized spacial score (nSPS) is 13.0. The van der Waals surface area contributed by atoms with Crippen LogP contribution in [0.2, 0.25) is 0 Å². The number of methoxy groups -OCH3 is 1. The largest absolute Gasteiger partial charge is 0.493 e. The van der Waals surface area contributed by atoms with Gasteiger partial charge in [-0.2, -0.15) is 0 Å². The van der Waals surface area contributed by atoms with E-state index in [1.807, 2.05) is 24.3 Å². The molecule has 21 heavy (non-hydrogen) atoms. The Morgan fingerprint density at radius 2 is 2.05 bits per heavy atom. The highest BCUT2D eigenvalue weighted by atomic mass is 16.5. The molecule has 0 aliphatic carbocycles. The summed E-state index contributed by atoms with van der Waals surface area (Å²) >= 11 is 0. The highest BCUT2D eigenvalue weighted by molar-refractivity contribution is 5.86. The van der Waals surface area contributed by atoms with Crippen molar-refractivity contribution in [3.63, 3.8) is 0 Å². The van der Waals surface area contributed by atoms with Gasteiger partial charge in [0.15, 0.2) is 0 Å². The van der Waals surface area contributed by atoms with E-state index in [2.05, 4.69) is 29.2 Å². The SMILES string of the molecule is COc1ccc2cc(-c3cccc4c3CCO4)ccc2n1. The smallest absolute Gasteiger partial charge is 0.213 e. The van der Waals surface area contributed by atoms with Gasteiger partial charge in [0.25, 0.3) is 0 Å². The van der Waals surface area contributed by atoms with E-state index < -0.39 is 0 Å². The van der Waals surface area contributed by atoms with Crippen LogP contribution in [0.5, 0.6) is 11.6 Å². The summed E-state index contributed by atoms with van der Waals surface area (Å²) in [4.78, 5) is 4.45. The Morgan fingerprint density at radius 1 is 1.10 bits per heavy atom. The van der Waals surface area contributed by atoms with Crippen molar-refractivity contribution in [1.29, 1.82) is 0 Å². The third-order valence-corrected chi connectivity index (χ3v) is 3.93. The Labute approximate surface area is 123 Å². The molecular weight excluding hydrogens is 262 g/mol. The molecule has 0 radical (unpaired) electrons. The van der Waals surface area contributed by atoms with E-state index in [1.54, 1.807) is 7.11 Å². The summed E-state index contributed by atoms with van der Waals surface area (Å²) in [5, 5.41) is 1.12. The predicted octanol–water partition coefficient (Wildman–Crippen LogP) is 3.85. The first-order valence-corrected chi connectivity index (χ1v) is 7.05. The molecule has 4 rings (SSSR count). The molecule has 1 aromatic heterocycles. The average molecular weight is 277 g/mol. The van der Waals surface area contributed by atoms with Crippen molar-refractivity contribution in [3.8, 4) is 22.8 Å². The second-order valence-corrected chi connectivity index (χ2v) is 5.14. The fraction of sp³-hybridized carbons (Fsp3) is 0.167. The Balaban J connectivity index is 1.86. The third-order valence-electron chi connectivity index (χ3n) is 3.93. The van der Waals surface area contributed by atoms with Crippen molar-refractivity contribution in [3.05, 3.63) is 54.1 Å². The second kappa shape index (κ2) is 4.77. The summed E-state index contributed by atoms with van der Waals surface area (Å²) < 4.78 is 10.8. The molecule has 104 valence electrons. The number of benzene rings is 2. The van der Waals surface area contributed by atoms with Crippen molar-refractivity contribution in [2.45, 2.75) is 6.42 Å². The number of rotatable bonds is 2. The molecular formula is C18H15NO2. The fourth-order valence-corrected chi connectivity index (χ4v) is 2.88. The maximum Gasteiger partial charge on any atom is 0.213 e. The first-order chi connectivity index (χ1) is 10.3. The van der Waals surface area contributed by atoms with Crippen LogP contribution in [-0.2, 0) is 6.42 Å². The van der Waals surface area contributed by atoms with Crippen molar-refractivity contribution in [2.75, 3.05) is 13.7 Å². The van der Waals surface area contributed by atoms with E-state index in [1.165, 1.54) is 16.7 Å².